The smallest absolute Gasteiger partial charge is 0.157 e. The monoisotopic (exact) mass is 288 g/mol. The van der Waals surface area contributed by atoms with Crippen molar-refractivity contribution in [3.05, 3.63) is 35.4 Å². The Morgan fingerprint density at radius 2 is 1.95 bits per heavy atom. The minimum atomic E-state index is 0.241. The number of amidine groups is 1. The normalized spacial score (nSPS) is 24.8. The maximum absolute atomic E-state index is 4.93. The molecule has 1 aromatic rings. The third-order valence-corrected chi connectivity index (χ3v) is 5.80. The van der Waals surface area contributed by atoms with Gasteiger partial charge in [-0.1, -0.05) is 55.3 Å². The highest BCUT2D eigenvalue weighted by molar-refractivity contribution is 8.14. The molecular formula is C17H24N2S. The van der Waals surface area contributed by atoms with Crippen LogP contribution in [-0.4, -0.2) is 16.5 Å². The minimum Gasteiger partial charge on any atom is -0.359 e. The summed E-state index contributed by atoms with van der Waals surface area (Å²) >= 11 is 1.92. The number of aryl methyl sites for hydroxylation is 1. The predicted octanol–water partition coefficient (Wildman–Crippen LogP) is 4.45. The summed E-state index contributed by atoms with van der Waals surface area (Å²) < 4.78 is 0. The molecule has 1 N–H and O–H groups in total. The molecule has 0 bridgehead atoms. The number of thioether (sulfide) groups is 1. The van der Waals surface area contributed by atoms with E-state index in [1.165, 1.54) is 49.0 Å². The van der Waals surface area contributed by atoms with Gasteiger partial charge in [0.15, 0.2) is 5.17 Å². The van der Waals surface area contributed by atoms with E-state index in [1.54, 1.807) is 0 Å². The first-order valence-corrected chi connectivity index (χ1v) is 8.71. The lowest BCUT2D eigenvalue weighted by molar-refractivity contribution is 0.303. The van der Waals surface area contributed by atoms with Gasteiger partial charge in [-0.3, -0.25) is 4.99 Å². The van der Waals surface area contributed by atoms with E-state index in [9.17, 15) is 0 Å². The lowest BCUT2D eigenvalue weighted by atomic mass is 9.83. The van der Waals surface area contributed by atoms with Crippen LogP contribution in [0.3, 0.4) is 0 Å². The molecule has 1 aromatic carbocycles. The Kier molecular flexibility index (Phi) is 4.06. The molecule has 3 rings (SSSR count). The molecule has 2 aliphatic rings. The van der Waals surface area contributed by atoms with Crippen LogP contribution >= 0.6 is 11.8 Å². The standard InChI is InChI=1S/C17H24N2S/c1-13-8-4-5-9-15(13)14(2)18-16-19-17(12-20-16)10-6-3-7-11-17/h4-5,8-9,14H,3,6-7,10-12H2,1-2H3,(H,18,19). The summed E-state index contributed by atoms with van der Waals surface area (Å²) in [6, 6.07) is 8.81. The molecule has 1 aliphatic carbocycles. The molecule has 0 radical (unpaired) electrons. The number of nitrogens with one attached hydrogen (secondary N) is 1. The van der Waals surface area contributed by atoms with Crippen LogP contribution in [0.2, 0.25) is 0 Å². The van der Waals surface area contributed by atoms with Gasteiger partial charge in [-0.2, -0.15) is 0 Å². The number of nitrogens with zero attached hydrogens (tertiary/aromatic N) is 1. The summed E-state index contributed by atoms with van der Waals surface area (Å²) in [4.78, 5) is 4.93. The number of rotatable bonds is 2. The Bertz CT molecular complexity index is 503. The number of hydrogen-bond donors (Lipinski definition) is 1. The van der Waals surface area contributed by atoms with Crippen molar-refractivity contribution in [1.29, 1.82) is 0 Å². The Hall–Kier alpha value is -0.960. The van der Waals surface area contributed by atoms with E-state index >= 15 is 0 Å². The summed E-state index contributed by atoms with van der Waals surface area (Å²) in [7, 11) is 0. The van der Waals surface area contributed by atoms with Gasteiger partial charge in [-0.05, 0) is 37.8 Å². The van der Waals surface area contributed by atoms with Gasteiger partial charge < -0.3 is 5.32 Å². The maximum atomic E-state index is 4.93. The van der Waals surface area contributed by atoms with E-state index in [0.717, 1.165) is 5.17 Å². The Morgan fingerprint density at radius 1 is 1.20 bits per heavy atom. The molecule has 1 saturated carbocycles. The molecule has 1 spiro atoms. The van der Waals surface area contributed by atoms with Gasteiger partial charge in [-0.25, -0.2) is 0 Å². The van der Waals surface area contributed by atoms with Crippen LogP contribution in [0, 0.1) is 6.92 Å². The predicted molar refractivity (Wildman–Crippen MR) is 88.4 cm³/mol. The topological polar surface area (TPSA) is 24.4 Å². The molecule has 0 amide bonds. The Labute approximate surface area is 126 Å². The highest BCUT2D eigenvalue weighted by Gasteiger charge is 2.38. The minimum absolute atomic E-state index is 0.241. The second-order valence-electron chi connectivity index (χ2n) is 6.22. The summed E-state index contributed by atoms with van der Waals surface area (Å²) in [6.45, 7) is 4.37. The summed E-state index contributed by atoms with van der Waals surface area (Å²) in [5.74, 6) is 1.20. The van der Waals surface area contributed by atoms with Crippen molar-refractivity contribution in [3.8, 4) is 0 Å². The lowest BCUT2D eigenvalue weighted by Gasteiger charge is -2.32. The van der Waals surface area contributed by atoms with Crippen molar-refractivity contribution < 1.29 is 0 Å². The average Bonchev–Trinajstić information content (AvgIpc) is 2.82. The van der Waals surface area contributed by atoms with Crippen molar-refractivity contribution in [3.63, 3.8) is 0 Å². The Balaban J connectivity index is 1.72. The number of hydrogen-bond acceptors (Lipinski definition) is 2. The van der Waals surface area contributed by atoms with Crippen molar-refractivity contribution in [1.82, 2.24) is 5.32 Å². The summed E-state index contributed by atoms with van der Waals surface area (Å²) in [6.07, 6.45) is 6.78. The first kappa shape index (κ1) is 14.0. The van der Waals surface area contributed by atoms with Crippen LogP contribution in [0.1, 0.15) is 56.2 Å². The van der Waals surface area contributed by atoms with Gasteiger partial charge in [0.25, 0.3) is 0 Å². The van der Waals surface area contributed by atoms with Crippen molar-refractivity contribution in [2.24, 2.45) is 4.99 Å². The molecule has 1 saturated heterocycles. The van der Waals surface area contributed by atoms with E-state index in [-0.39, 0.29) is 6.04 Å². The number of aliphatic imine (C=N–C) groups is 1. The van der Waals surface area contributed by atoms with E-state index in [0.29, 0.717) is 5.54 Å². The highest BCUT2D eigenvalue weighted by atomic mass is 32.2. The van der Waals surface area contributed by atoms with Crippen LogP contribution in [0.15, 0.2) is 29.3 Å². The zero-order valence-corrected chi connectivity index (χ0v) is 13.3. The molecule has 1 aliphatic heterocycles. The van der Waals surface area contributed by atoms with Gasteiger partial charge in [0, 0.05) is 11.3 Å². The lowest BCUT2D eigenvalue weighted by Crippen LogP contribution is -2.45. The molecule has 20 heavy (non-hydrogen) atoms. The fourth-order valence-electron chi connectivity index (χ4n) is 3.37. The fraction of sp³-hybridized carbons (Fsp3) is 0.588. The van der Waals surface area contributed by atoms with Crippen LogP contribution in [0.4, 0.5) is 0 Å². The maximum Gasteiger partial charge on any atom is 0.157 e. The number of benzene rings is 1. The van der Waals surface area contributed by atoms with Crippen LogP contribution < -0.4 is 5.32 Å². The average molecular weight is 288 g/mol. The van der Waals surface area contributed by atoms with E-state index < -0.39 is 0 Å². The molecule has 1 unspecified atom stereocenters. The Morgan fingerprint density at radius 3 is 2.70 bits per heavy atom. The van der Waals surface area contributed by atoms with Gasteiger partial charge >= 0.3 is 0 Å². The first-order chi connectivity index (χ1) is 9.69. The zero-order chi connectivity index (χ0) is 14.0. The highest BCUT2D eigenvalue weighted by Crippen LogP contribution is 2.37. The molecule has 3 heteroatoms. The zero-order valence-electron chi connectivity index (χ0n) is 12.5. The van der Waals surface area contributed by atoms with Crippen molar-refractivity contribution in [2.45, 2.75) is 57.5 Å². The van der Waals surface area contributed by atoms with Gasteiger partial charge in [-0.15, -0.1) is 0 Å². The van der Waals surface area contributed by atoms with Crippen molar-refractivity contribution >= 4 is 16.9 Å². The molecule has 2 nitrogen and oxygen atoms in total. The van der Waals surface area contributed by atoms with E-state index in [2.05, 4.69) is 43.4 Å². The molecule has 1 heterocycles. The SMILES string of the molecule is Cc1ccccc1C(C)N=C1NC2(CCCCC2)CS1. The molecule has 1 atom stereocenters. The van der Waals surface area contributed by atoms with Crippen LogP contribution in [-0.2, 0) is 0 Å². The molecule has 108 valence electrons. The first-order valence-electron chi connectivity index (χ1n) is 7.73. The molecule has 0 aromatic heterocycles. The van der Waals surface area contributed by atoms with Crippen LogP contribution in [0.25, 0.3) is 0 Å². The largest absolute Gasteiger partial charge is 0.359 e. The second-order valence-corrected chi connectivity index (χ2v) is 7.19. The summed E-state index contributed by atoms with van der Waals surface area (Å²) in [5.41, 5.74) is 3.03. The van der Waals surface area contributed by atoms with E-state index in [1.807, 2.05) is 11.8 Å². The van der Waals surface area contributed by atoms with E-state index in [4.69, 9.17) is 4.99 Å². The third kappa shape index (κ3) is 2.88. The summed E-state index contributed by atoms with van der Waals surface area (Å²) in [5, 5.41) is 4.89. The molecule has 2 fully saturated rings. The van der Waals surface area contributed by atoms with Crippen molar-refractivity contribution in [2.75, 3.05) is 5.75 Å². The van der Waals surface area contributed by atoms with Crippen LogP contribution in [0.5, 0.6) is 0 Å². The molecular weight excluding hydrogens is 264 g/mol. The quantitative estimate of drug-likeness (QED) is 0.869. The van der Waals surface area contributed by atoms with Gasteiger partial charge in [0.2, 0.25) is 0 Å². The van der Waals surface area contributed by atoms with Gasteiger partial charge in [0.05, 0.1) is 6.04 Å². The van der Waals surface area contributed by atoms with Gasteiger partial charge in [0.1, 0.15) is 0 Å². The third-order valence-electron chi connectivity index (χ3n) is 4.62. The second kappa shape index (κ2) is 5.80. The fourth-order valence-corrected chi connectivity index (χ4v) is 4.67.